The molecule has 0 fully saturated rings. The van der Waals surface area contributed by atoms with Crippen LogP contribution in [0.4, 0.5) is 0 Å². The number of carbonyl (C=O) groups is 1. The smallest absolute Gasteiger partial charge is 0.289 e. The lowest BCUT2D eigenvalue weighted by atomic mass is 10.1. The summed E-state index contributed by atoms with van der Waals surface area (Å²) in [7, 11) is 0. The number of H-pyrrole nitrogens is 1. The minimum atomic E-state index is -0.369. The van der Waals surface area contributed by atoms with Crippen molar-refractivity contribution in [2.75, 3.05) is 6.61 Å². The summed E-state index contributed by atoms with van der Waals surface area (Å²) < 4.78 is 6.58. The second-order valence-corrected chi connectivity index (χ2v) is 6.26. The van der Waals surface area contributed by atoms with Crippen LogP contribution in [0.15, 0.2) is 64.2 Å². The number of amides is 1. The molecule has 2 N–H and O–H groups in total. The van der Waals surface area contributed by atoms with Crippen LogP contribution < -0.4 is 10.2 Å². The van der Waals surface area contributed by atoms with E-state index in [0.29, 0.717) is 18.0 Å². The summed E-state index contributed by atoms with van der Waals surface area (Å²) in [6, 6.07) is 16.8. The summed E-state index contributed by atoms with van der Waals surface area (Å²) in [5, 5.41) is 10.9. The van der Waals surface area contributed by atoms with Gasteiger partial charge in [0.1, 0.15) is 11.4 Å². The highest BCUT2D eigenvalue weighted by atomic mass is 79.9. The third-order valence-electron chi connectivity index (χ3n) is 3.54. The van der Waals surface area contributed by atoms with Gasteiger partial charge < -0.3 is 4.74 Å². The van der Waals surface area contributed by atoms with Gasteiger partial charge in [-0.15, -0.1) is 0 Å². The maximum absolute atomic E-state index is 12.2. The quantitative estimate of drug-likeness (QED) is 0.474. The molecule has 3 aromatic rings. The van der Waals surface area contributed by atoms with Crippen LogP contribution in [0.1, 0.15) is 23.0 Å². The van der Waals surface area contributed by atoms with Crippen LogP contribution in [-0.2, 0) is 0 Å². The van der Waals surface area contributed by atoms with Crippen molar-refractivity contribution < 1.29 is 9.53 Å². The zero-order valence-corrected chi connectivity index (χ0v) is 15.7. The molecule has 1 heterocycles. The first-order chi connectivity index (χ1) is 12.7. The van der Waals surface area contributed by atoms with Gasteiger partial charge in [-0.1, -0.05) is 40.2 Å². The topological polar surface area (TPSA) is 79.4 Å². The number of ether oxygens (including phenoxy) is 1. The SMILES string of the molecule is CCOc1ccccc1-c1cc(C(=O)N/N=C/c2ccc(Br)cc2)[nH]n1. The largest absolute Gasteiger partial charge is 0.493 e. The molecule has 132 valence electrons. The summed E-state index contributed by atoms with van der Waals surface area (Å²) in [6.45, 7) is 2.48. The highest BCUT2D eigenvalue weighted by molar-refractivity contribution is 9.10. The predicted octanol–water partition coefficient (Wildman–Crippen LogP) is 4.00. The van der Waals surface area contributed by atoms with Crippen LogP contribution in [0.3, 0.4) is 0 Å². The van der Waals surface area contributed by atoms with Crippen LogP contribution in [0, 0.1) is 0 Å². The Labute approximate surface area is 159 Å². The minimum absolute atomic E-state index is 0.319. The van der Waals surface area contributed by atoms with Gasteiger partial charge >= 0.3 is 0 Å². The van der Waals surface area contributed by atoms with Crippen molar-refractivity contribution >= 4 is 28.1 Å². The van der Waals surface area contributed by atoms with Gasteiger partial charge in [-0.3, -0.25) is 9.89 Å². The highest BCUT2D eigenvalue weighted by Gasteiger charge is 2.13. The summed E-state index contributed by atoms with van der Waals surface area (Å²) in [4.78, 5) is 12.2. The molecule has 0 aliphatic heterocycles. The molecule has 1 amide bonds. The van der Waals surface area contributed by atoms with E-state index < -0.39 is 0 Å². The van der Waals surface area contributed by atoms with E-state index in [-0.39, 0.29) is 5.91 Å². The molecular weight excluding hydrogens is 396 g/mol. The monoisotopic (exact) mass is 412 g/mol. The molecule has 0 atom stereocenters. The zero-order chi connectivity index (χ0) is 18.4. The van der Waals surface area contributed by atoms with Gasteiger partial charge in [0.15, 0.2) is 0 Å². The van der Waals surface area contributed by atoms with Gasteiger partial charge in [-0.05, 0) is 42.8 Å². The summed E-state index contributed by atoms with van der Waals surface area (Å²) in [5.74, 6) is 0.354. The number of benzene rings is 2. The van der Waals surface area contributed by atoms with E-state index in [9.17, 15) is 4.79 Å². The van der Waals surface area contributed by atoms with E-state index in [4.69, 9.17) is 4.74 Å². The number of hydrogen-bond acceptors (Lipinski definition) is 4. The molecule has 7 heteroatoms. The maximum atomic E-state index is 12.2. The fourth-order valence-corrected chi connectivity index (χ4v) is 2.57. The number of rotatable bonds is 6. The van der Waals surface area contributed by atoms with Crippen molar-refractivity contribution in [2.45, 2.75) is 6.92 Å². The van der Waals surface area contributed by atoms with Crippen LogP contribution in [0.2, 0.25) is 0 Å². The Balaban J connectivity index is 1.69. The van der Waals surface area contributed by atoms with Gasteiger partial charge in [0, 0.05) is 10.0 Å². The number of aromatic amines is 1. The molecule has 0 bridgehead atoms. The Bertz CT molecular complexity index is 919. The Kier molecular flexibility index (Phi) is 5.80. The second-order valence-electron chi connectivity index (χ2n) is 5.35. The number of carbonyl (C=O) groups excluding carboxylic acids is 1. The van der Waals surface area contributed by atoms with E-state index in [1.807, 2.05) is 55.5 Å². The number of aromatic nitrogens is 2. The molecule has 0 saturated carbocycles. The first kappa shape index (κ1) is 17.9. The molecule has 6 nitrogen and oxygen atoms in total. The predicted molar refractivity (Wildman–Crippen MR) is 104 cm³/mol. The third-order valence-corrected chi connectivity index (χ3v) is 4.06. The number of nitrogens with one attached hydrogen (secondary N) is 2. The first-order valence-corrected chi connectivity index (χ1v) is 8.83. The third kappa shape index (κ3) is 4.37. The summed E-state index contributed by atoms with van der Waals surface area (Å²) in [6.07, 6.45) is 1.58. The lowest BCUT2D eigenvalue weighted by Crippen LogP contribution is -2.17. The Morgan fingerprint density at radius 1 is 1.27 bits per heavy atom. The zero-order valence-electron chi connectivity index (χ0n) is 14.1. The van der Waals surface area contributed by atoms with Crippen LogP contribution in [0.25, 0.3) is 11.3 Å². The second kappa shape index (κ2) is 8.44. The normalized spacial score (nSPS) is 10.8. The highest BCUT2D eigenvalue weighted by Crippen LogP contribution is 2.28. The number of nitrogens with zero attached hydrogens (tertiary/aromatic N) is 2. The Morgan fingerprint density at radius 2 is 2.04 bits per heavy atom. The van der Waals surface area contributed by atoms with Crippen molar-refractivity contribution in [2.24, 2.45) is 5.10 Å². The fraction of sp³-hybridized carbons (Fsp3) is 0.105. The van der Waals surface area contributed by atoms with Crippen molar-refractivity contribution in [3.8, 4) is 17.0 Å². The van der Waals surface area contributed by atoms with E-state index in [1.165, 1.54) is 0 Å². The van der Waals surface area contributed by atoms with Gasteiger partial charge in [0.25, 0.3) is 5.91 Å². The average molecular weight is 413 g/mol. The van der Waals surface area contributed by atoms with E-state index in [1.54, 1.807) is 12.3 Å². The molecule has 1 aromatic heterocycles. The summed E-state index contributed by atoms with van der Waals surface area (Å²) >= 11 is 3.37. The average Bonchev–Trinajstić information content (AvgIpc) is 3.14. The number of hydrazone groups is 1. The molecule has 0 radical (unpaired) electrons. The van der Waals surface area contributed by atoms with Crippen LogP contribution in [-0.4, -0.2) is 28.9 Å². The minimum Gasteiger partial charge on any atom is -0.493 e. The molecule has 26 heavy (non-hydrogen) atoms. The molecule has 0 unspecified atom stereocenters. The van der Waals surface area contributed by atoms with Crippen molar-refractivity contribution in [1.82, 2.24) is 15.6 Å². The Hall–Kier alpha value is -2.93. The van der Waals surface area contributed by atoms with Crippen molar-refractivity contribution in [3.63, 3.8) is 0 Å². The van der Waals surface area contributed by atoms with E-state index >= 15 is 0 Å². The fourth-order valence-electron chi connectivity index (χ4n) is 2.31. The lowest BCUT2D eigenvalue weighted by molar-refractivity contribution is 0.0950. The lowest BCUT2D eigenvalue weighted by Gasteiger charge is -2.07. The molecular formula is C19H17BrN4O2. The molecule has 0 aliphatic rings. The van der Waals surface area contributed by atoms with Gasteiger partial charge in [0.05, 0.1) is 18.5 Å². The van der Waals surface area contributed by atoms with E-state index in [0.717, 1.165) is 21.3 Å². The number of hydrogen-bond donors (Lipinski definition) is 2. The van der Waals surface area contributed by atoms with Gasteiger partial charge in [-0.25, -0.2) is 5.43 Å². The molecule has 0 saturated heterocycles. The van der Waals surface area contributed by atoms with Gasteiger partial charge in [0.2, 0.25) is 0 Å². The molecule has 0 aliphatic carbocycles. The van der Waals surface area contributed by atoms with Gasteiger partial charge in [-0.2, -0.15) is 10.2 Å². The van der Waals surface area contributed by atoms with E-state index in [2.05, 4.69) is 36.7 Å². The summed E-state index contributed by atoms with van der Waals surface area (Å²) in [5.41, 5.74) is 5.14. The van der Waals surface area contributed by atoms with Crippen molar-refractivity contribution in [3.05, 3.63) is 70.3 Å². The Morgan fingerprint density at radius 3 is 2.81 bits per heavy atom. The van der Waals surface area contributed by atoms with Crippen LogP contribution in [0.5, 0.6) is 5.75 Å². The molecule has 3 rings (SSSR count). The first-order valence-electron chi connectivity index (χ1n) is 8.04. The molecule has 0 spiro atoms. The standard InChI is InChI=1S/C19H17BrN4O2/c1-2-26-18-6-4-3-5-15(18)16-11-17(23-22-16)19(25)24-21-12-13-7-9-14(20)10-8-13/h3-12H,2H2,1H3,(H,22,23)(H,24,25)/b21-12+. The number of halogens is 1. The maximum Gasteiger partial charge on any atom is 0.289 e. The van der Waals surface area contributed by atoms with Crippen molar-refractivity contribution in [1.29, 1.82) is 0 Å². The van der Waals surface area contributed by atoms with Crippen LogP contribution >= 0.6 is 15.9 Å². The molecule has 2 aromatic carbocycles. The number of para-hydroxylation sites is 1.